The molecule has 0 spiro atoms. The molecule has 1 amide bonds. The van der Waals surface area contributed by atoms with Crippen molar-refractivity contribution in [2.24, 2.45) is 5.10 Å². The molecule has 6 rings (SSSR count). The first-order valence-electron chi connectivity index (χ1n) is 14.0. The number of likely N-dealkylation sites (tertiary alicyclic amines) is 1. The molecule has 1 aromatic carbocycles. The van der Waals surface area contributed by atoms with Crippen molar-refractivity contribution in [3.8, 4) is 0 Å². The number of rotatable bonds is 3. The molecule has 0 bridgehead atoms. The number of nitrogens with zero attached hydrogens (tertiary/aromatic N) is 6. The number of pyridine rings is 1. The third-order valence-electron chi connectivity index (χ3n) is 8.04. The van der Waals surface area contributed by atoms with Crippen molar-refractivity contribution in [2.75, 3.05) is 44.2 Å². The van der Waals surface area contributed by atoms with Gasteiger partial charge in [0.1, 0.15) is 17.5 Å². The molecule has 4 aliphatic rings. The van der Waals surface area contributed by atoms with Crippen molar-refractivity contribution in [1.29, 1.82) is 0 Å². The summed E-state index contributed by atoms with van der Waals surface area (Å²) in [6.45, 7) is 6.55. The van der Waals surface area contributed by atoms with Gasteiger partial charge in [-0.3, -0.25) is 4.79 Å². The first-order valence-corrected chi connectivity index (χ1v) is 14.0. The molecule has 0 aliphatic carbocycles. The van der Waals surface area contributed by atoms with Gasteiger partial charge in [-0.15, -0.1) is 5.10 Å². The van der Waals surface area contributed by atoms with Gasteiger partial charge in [-0.1, -0.05) is 30.4 Å². The van der Waals surface area contributed by atoms with Crippen LogP contribution in [-0.2, 0) is 4.79 Å². The van der Waals surface area contributed by atoms with Crippen LogP contribution in [0.4, 0.5) is 10.2 Å². The molecule has 1 atom stereocenters. The van der Waals surface area contributed by atoms with Crippen molar-refractivity contribution in [3.05, 3.63) is 89.5 Å². The van der Waals surface area contributed by atoms with Crippen LogP contribution in [0.25, 0.3) is 5.70 Å². The minimum atomic E-state index is -0.177. The smallest absolute Gasteiger partial charge is 0.219 e. The van der Waals surface area contributed by atoms with Crippen molar-refractivity contribution in [3.63, 3.8) is 0 Å². The number of carbonyl (C=O) groups excluding carboxylic acids is 1. The lowest BCUT2D eigenvalue weighted by Gasteiger charge is -2.37. The zero-order valence-electron chi connectivity index (χ0n) is 22.5. The molecule has 2 saturated heterocycles. The molecule has 0 N–H and O–H groups in total. The summed E-state index contributed by atoms with van der Waals surface area (Å²) in [4.78, 5) is 23.4. The molecule has 5 heterocycles. The SMILES string of the molecule is CC(=O)N1CCCN(c2cccc(C3=CCC=C4C=CC(N5CCC[C@H](c6cccc(F)c6)C5)=NN43)n2)CC1. The van der Waals surface area contributed by atoms with Gasteiger partial charge in [0.2, 0.25) is 5.91 Å². The molecule has 8 heteroatoms. The molecule has 2 fully saturated rings. The average Bonchev–Trinajstić information content (AvgIpc) is 3.24. The Bertz CT molecular complexity index is 1360. The first kappa shape index (κ1) is 25.3. The fraction of sp³-hybridized carbons (Fsp3) is 0.387. The lowest BCUT2D eigenvalue weighted by atomic mass is 9.90. The molecular weight excluding hydrogens is 491 g/mol. The highest BCUT2D eigenvalue weighted by molar-refractivity contribution is 5.95. The number of amidine groups is 1. The molecule has 0 saturated carbocycles. The van der Waals surface area contributed by atoms with E-state index in [1.54, 1.807) is 19.1 Å². The predicted molar refractivity (Wildman–Crippen MR) is 152 cm³/mol. The van der Waals surface area contributed by atoms with Crippen LogP contribution in [0.15, 0.2) is 77.6 Å². The third kappa shape index (κ3) is 5.46. The molecule has 39 heavy (non-hydrogen) atoms. The molecule has 4 aliphatic heterocycles. The van der Waals surface area contributed by atoms with Gasteiger partial charge in [-0.2, -0.15) is 0 Å². The number of anilines is 1. The lowest BCUT2D eigenvalue weighted by molar-refractivity contribution is -0.128. The Hall–Kier alpha value is -3.94. The van der Waals surface area contributed by atoms with Gasteiger partial charge in [0.15, 0.2) is 0 Å². The number of carbonyl (C=O) groups is 1. The van der Waals surface area contributed by atoms with Crippen molar-refractivity contribution in [2.45, 2.75) is 38.5 Å². The summed E-state index contributed by atoms with van der Waals surface area (Å²) in [6, 6.07) is 13.2. The molecule has 7 nitrogen and oxygen atoms in total. The van der Waals surface area contributed by atoms with Gasteiger partial charge in [-0.25, -0.2) is 14.4 Å². The van der Waals surface area contributed by atoms with Gasteiger partial charge >= 0.3 is 0 Å². The van der Waals surface area contributed by atoms with Crippen LogP contribution in [0.1, 0.15) is 49.8 Å². The van der Waals surface area contributed by atoms with Gasteiger partial charge in [-0.05, 0) is 67.7 Å². The Morgan fingerprint density at radius 2 is 1.82 bits per heavy atom. The number of hydrogen-bond acceptors (Lipinski definition) is 6. The van der Waals surface area contributed by atoms with E-state index in [1.807, 2.05) is 22.0 Å². The van der Waals surface area contributed by atoms with Crippen LogP contribution >= 0.6 is 0 Å². The van der Waals surface area contributed by atoms with Crippen LogP contribution in [-0.4, -0.2) is 70.8 Å². The maximum atomic E-state index is 13.9. The second kappa shape index (κ2) is 11.0. The van der Waals surface area contributed by atoms with E-state index in [0.717, 1.165) is 92.7 Å². The van der Waals surface area contributed by atoms with Gasteiger partial charge in [0.25, 0.3) is 0 Å². The number of allylic oxidation sites excluding steroid dienone is 3. The van der Waals surface area contributed by atoms with Crippen LogP contribution in [0.3, 0.4) is 0 Å². The van der Waals surface area contributed by atoms with Crippen molar-refractivity contribution >= 4 is 23.3 Å². The Morgan fingerprint density at radius 3 is 2.69 bits per heavy atom. The Labute approximate surface area is 229 Å². The predicted octanol–water partition coefficient (Wildman–Crippen LogP) is 4.97. The van der Waals surface area contributed by atoms with Crippen LogP contribution in [0.2, 0.25) is 0 Å². The Kier molecular flexibility index (Phi) is 7.18. The third-order valence-corrected chi connectivity index (χ3v) is 8.04. The number of fused-ring (bicyclic) bond motifs is 1. The number of aromatic nitrogens is 1. The number of halogens is 1. The maximum absolute atomic E-state index is 13.9. The normalized spacial score (nSPS) is 21.6. The van der Waals surface area contributed by atoms with E-state index in [2.05, 4.69) is 46.2 Å². The molecular formula is C31H35FN6O. The molecule has 202 valence electrons. The number of benzene rings is 1. The van der Waals surface area contributed by atoms with E-state index in [-0.39, 0.29) is 17.6 Å². The van der Waals surface area contributed by atoms with E-state index < -0.39 is 0 Å². The Morgan fingerprint density at radius 1 is 0.949 bits per heavy atom. The second-order valence-corrected chi connectivity index (χ2v) is 10.6. The van der Waals surface area contributed by atoms with Crippen molar-refractivity contribution in [1.82, 2.24) is 19.8 Å². The summed E-state index contributed by atoms with van der Waals surface area (Å²) in [5.74, 6) is 2.09. The highest BCUT2D eigenvalue weighted by atomic mass is 19.1. The van der Waals surface area contributed by atoms with Crippen LogP contribution in [0.5, 0.6) is 0 Å². The first-order chi connectivity index (χ1) is 19.0. The Balaban J connectivity index is 1.22. The van der Waals surface area contributed by atoms with Crippen molar-refractivity contribution < 1.29 is 9.18 Å². The molecule has 2 aromatic rings. The fourth-order valence-electron chi connectivity index (χ4n) is 5.95. The summed E-state index contributed by atoms with van der Waals surface area (Å²) >= 11 is 0. The van der Waals surface area contributed by atoms with Gasteiger partial charge in [0.05, 0.1) is 17.1 Å². The summed E-state index contributed by atoms with van der Waals surface area (Å²) < 4.78 is 13.9. The lowest BCUT2D eigenvalue weighted by Crippen LogP contribution is -2.40. The van der Waals surface area contributed by atoms with E-state index in [0.29, 0.717) is 6.54 Å². The van der Waals surface area contributed by atoms with Gasteiger partial charge in [0, 0.05) is 52.1 Å². The summed E-state index contributed by atoms with van der Waals surface area (Å²) in [5.41, 5.74) is 3.98. The minimum Gasteiger partial charge on any atom is -0.355 e. The highest BCUT2D eigenvalue weighted by Gasteiger charge is 2.28. The topological polar surface area (TPSA) is 55.3 Å². The molecule has 0 radical (unpaired) electrons. The standard InChI is InChI=1S/C31H35FN6O/c1-23(39)35-17-6-18-36(20-19-35)30-13-4-11-28(33-30)29-12-3-10-27-14-15-31(34-38(27)29)37-16-5-8-25(22-37)24-7-2-9-26(32)21-24/h2,4,7,9-15,21,25H,3,5-6,8,16-20,22H2,1H3/t25-/m0/s1. The van der Waals surface area contributed by atoms with Crippen LogP contribution < -0.4 is 4.90 Å². The maximum Gasteiger partial charge on any atom is 0.219 e. The zero-order valence-corrected chi connectivity index (χ0v) is 22.5. The summed E-state index contributed by atoms with van der Waals surface area (Å²) in [5, 5.41) is 7.11. The van der Waals surface area contributed by atoms with E-state index in [4.69, 9.17) is 10.1 Å². The zero-order chi connectivity index (χ0) is 26.8. The highest BCUT2D eigenvalue weighted by Crippen LogP contribution is 2.33. The average molecular weight is 527 g/mol. The van der Waals surface area contributed by atoms with E-state index in [9.17, 15) is 9.18 Å². The second-order valence-electron chi connectivity index (χ2n) is 10.6. The fourth-order valence-corrected chi connectivity index (χ4v) is 5.95. The van der Waals surface area contributed by atoms with Crippen LogP contribution in [0, 0.1) is 5.82 Å². The molecule has 0 unspecified atom stereocenters. The summed E-state index contributed by atoms with van der Waals surface area (Å²) in [6.07, 6.45) is 12.4. The number of hydrazone groups is 1. The van der Waals surface area contributed by atoms with E-state index in [1.165, 1.54) is 6.07 Å². The number of hydrogen-bond donors (Lipinski definition) is 0. The molecule has 1 aromatic heterocycles. The summed E-state index contributed by atoms with van der Waals surface area (Å²) in [7, 11) is 0. The van der Waals surface area contributed by atoms with E-state index >= 15 is 0 Å². The number of amides is 1. The largest absolute Gasteiger partial charge is 0.355 e. The number of piperidine rings is 1. The minimum absolute atomic E-state index is 0.132. The monoisotopic (exact) mass is 526 g/mol. The quantitative estimate of drug-likeness (QED) is 0.565. The van der Waals surface area contributed by atoms with Gasteiger partial charge < -0.3 is 14.7 Å².